The maximum absolute atomic E-state index is 13.2. The van der Waals surface area contributed by atoms with Crippen LogP contribution in [-0.2, 0) is 0 Å². The number of hydrogen-bond donors (Lipinski definition) is 2. The molecule has 0 fully saturated rings. The van der Waals surface area contributed by atoms with Gasteiger partial charge in [-0.2, -0.15) is 0 Å². The smallest absolute Gasteiger partial charge is 0.335 e. The molecular weight excluding hydrogens is 303 g/mol. The number of carboxylic acids is 1. The molecule has 2 rings (SSSR count). The van der Waals surface area contributed by atoms with E-state index >= 15 is 0 Å². The number of aromatic carboxylic acids is 1. The first-order valence-corrected chi connectivity index (χ1v) is 5.99. The Morgan fingerprint density at radius 3 is 2.57 bits per heavy atom. The quantitative estimate of drug-likeness (QED) is 0.661. The minimum absolute atomic E-state index is 0.0340. The predicted molar refractivity (Wildman–Crippen MR) is 74.7 cm³/mol. The van der Waals surface area contributed by atoms with Crippen LogP contribution in [0.3, 0.4) is 0 Å². The lowest BCUT2D eigenvalue weighted by atomic mass is 10.1. The number of nitro benzene ring substituents is 1. The van der Waals surface area contributed by atoms with Crippen molar-refractivity contribution in [2.45, 2.75) is 0 Å². The van der Waals surface area contributed by atoms with E-state index < -0.39 is 22.4 Å². The average Bonchev–Trinajstić information content (AvgIpc) is 2.37. The van der Waals surface area contributed by atoms with Gasteiger partial charge in [0.15, 0.2) is 0 Å². The lowest BCUT2D eigenvalue weighted by Crippen LogP contribution is -2.02. The van der Waals surface area contributed by atoms with E-state index in [2.05, 4.69) is 5.32 Å². The zero-order valence-electron chi connectivity index (χ0n) is 10.3. The minimum Gasteiger partial charge on any atom is -0.478 e. The average molecular weight is 311 g/mol. The van der Waals surface area contributed by atoms with Crippen molar-refractivity contribution in [3.05, 3.63) is 62.9 Å². The first kappa shape index (κ1) is 14.7. The minimum atomic E-state index is -1.28. The van der Waals surface area contributed by atoms with Crippen LogP contribution in [0.25, 0.3) is 0 Å². The van der Waals surface area contributed by atoms with Gasteiger partial charge >= 0.3 is 5.97 Å². The van der Waals surface area contributed by atoms with Crippen molar-refractivity contribution in [1.29, 1.82) is 0 Å². The number of benzene rings is 2. The number of nitrogens with zero attached hydrogens (tertiary/aromatic N) is 1. The van der Waals surface area contributed by atoms with Crippen LogP contribution < -0.4 is 5.32 Å². The highest BCUT2D eigenvalue weighted by atomic mass is 35.5. The molecule has 8 heteroatoms. The van der Waals surface area contributed by atoms with E-state index in [1.165, 1.54) is 18.2 Å². The van der Waals surface area contributed by atoms with Crippen LogP contribution in [0.5, 0.6) is 0 Å². The molecule has 0 unspecified atom stereocenters. The zero-order chi connectivity index (χ0) is 15.6. The molecular formula is C13H8ClFN2O4. The van der Waals surface area contributed by atoms with Crippen LogP contribution in [0.2, 0.25) is 5.02 Å². The van der Waals surface area contributed by atoms with E-state index in [1.807, 2.05) is 0 Å². The topological polar surface area (TPSA) is 92.5 Å². The molecule has 0 aliphatic rings. The van der Waals surface area contributed by atoms with E-state index in [-0.39, 0.29) is 22.0 Å². The number of halogens is 2. The highest BCUT2D eigenvalue weighted by Gasteiger charge is 2.17. The maximum Gasteiger partial charge on any atom is 0.335 e. The van der Waals surface area contributed by atoms with Gasteiger partial charge in [-0.3, -0.25) is 10.1 Å². The molecule has 0 aromatic heterocycles. The third-order valence-electron chi connectivity index (χ3n) is 2.58. The van der Waals surface area contributed by atoms with Crippen molar-refractivity contribution in [1.82, 2.24) is 0 Å². The Bertz CT molecular complexity index is 716. The van der Waals surface area contributed by atoms with Crippen molar-refractivity contribution in [2.75, 3.05) is 5.32 Å². The first-order chi connectivity index (χ1) is 9.86. The van der Waals surface area contributed by atoms with E-state index in [1.54, 1.807) is 0 Å². The predicted octanol–water partition coefficient (Wildman–Crippen LogP) is 3.83. The van der Waals surface area contributed by atoms with Crippen molar-refractivity contribution >= 4 is 34.6 Å². The summed E-state index contributed by atoms with van der Waals surface area (Å²) in [6.45, 7) is 0. The van der Waals surface area contributed by atoms with Crippen LogP contribution in [0.15, 0.2) is 36.4 Å². The number of nitrogens with one attached hydrogen (secondary N) is 1. The van der Waals surface area contributed by atoms with Gasteiger partial charge in [-0.1, -0.05) is 11.6 Å². The normalized spacial score (nSPS) is 10.2. The Morgan fingerprint density at radius 2 is 2.00 bits per heavy atom. The largest absolute Gasteiger partial charge is 0.478 e. The molecule has 0 aliphatic carbocycles. The third-order valence-corrected chi connectivity index (χ3v) is 2.80. The molecule has 0 saturated carbocycles. The number of carboxylic acid groups (broad SMARTS) is 1. The number of anilines is 2. The molecule has 0 saturated heterocycles. The Balaban J connectivity index is 2.43. The Hall–Kier alpha value is -2.67. The summed E-state index contributed by atoms with van der Waals surface area (Å²) in [5.41, 5.74) is -0.405. The number of carbonyl (C=O) groups is 1. The summed E-state index contributed by atoms with van der Waals surface area (Å²) in [7, 11) is 0. The Labute approximate surface area is 122 Å². The van der Waals surface area contributed by atoms with Gasteiger partial charge in [0.2, 0.25) is 0 Å². The van der Waals surface area contributed by atoms with Crippen LogP contribution in [-0.4, -0.2) is 16.0 Å². The lowest BCUT2D eigenvalue weighted by Gasteiger charge is -2.08. The van der Waals surface area contributed by atoms with Crippen LogP contribution in [0.4, 0.5) is 21.5 Å². The van der Waals surface area contributed by atoms with Crippen LogP contribution in [0, 0.1) is 15.9 Å². The summed E-state index contributed by atoms with van der Waals surface area (Å²) in [5, 5.41) is 22.6. The molecule has 0 atom stereocenters. The second-order valence-electron chi connectivity index (χ2n) is 4.08. The number of hydrogen-bond acceptors (Lipinski definition) is 4. The third kappa shape index (κ3) is 3.46. The molecule has 2 aromatic rings. The fraction of sp³-hybridized carbons (Fsp3) is 0. The summed E-state index contributed by atoms with van der Waals surface area (Å²) in [6.07, 6.45) is 0. The zero-order valence-corrected chi connectivity index (χ0v) is 11.1. The number of rotatable bonds is 4. The highest BCUT2D eigenvalue weighted by Crippen LogP contribution is 2.30. The Kier molecular flexibility index (Phi) is 4.04. The standard InChI is InChI=1S/C13H8ClFN2O4/c14-8-4-9(15)6-10(5-8)16-11-2-1-7(13(18)19)3-12(11)17(20)21/h1-6,16H,(H,18,19). The van der Waals surface area contributed by atoms with Gasteiger partial charge in [0, 0.05) is 16.8 Å². The van der Waals surface area contributed by atoms with E-state index in [0.717, 1.165) is 18.2 Å². The van der Waals surface area contributed by atoms with Crippen molar-refractivity contribution in [3.8, 4) is 0 Å². The van der Waals surface area contributed by atoms with E-state index in [0.29, 0.717) is 0 Å². The first-order valence-electron chi connectivity index (χ1n) is 5.61. The molecule has 0 spiro atoms. The molecule has 0 radical (unpaired) electrons. The van der Waals surface area contributed by atoms with Crippen molar-refractivity contribution < 1.29 is 19.2 Å². The van der Waals surface area contributed by atoms with Gasteiger partial charge in [-0.15, -0.1) is 0 Å². The van der Waals surface area contributed by atoms with Crippen molar-refractivity contribution in [2.24, 2.45) is 0 Å². The molecule has 2 aromatic carbocycles. The monoisotopic (exact) mass is 310 g/mol. The fourth-order valence-corrected chi connectivity index (χ4v) is 1.92. The lowest BCUT2D eigenvalue weighted by molar-refractivity contribution is -0.383. The highest BCUT2D eigenvalue weighted by molar-refractivity contribution is 6.30. The summed E-state index contributed by atoms with van der Waals surface area (Å²) < 4.78 is 13.2. The molecule has 2 N–H and O–H groups in total. The van der Waals surface area contributed by atoms with Gasteiger partial charge in [-0.25, -0.2) is 9.18 Å². The molecule has 108 valence electrons. The van der Waals surface area contributed by atoms with Crippen LogP contribution in [0.1, 0.15) is 10.4 Å². The van der Waals surface area contributed by atoms with E-state index in [9.17, 15) is 19.3 Å². The van der Waals surface area contributed by atoms with Gasteiger partial charge in [0.05, 0.1) is 10.5 Å². The molecule has 0 aliphatic heterocycles. The van der Waals surface area contributed by atoms with Gasteiger partial charge in [-0.05, 0) is 30.3 Å². The summed E-state index contributed by atoms with van der Waals surface area (Å²) >= 11 is 5.69. The van der Waals surface area contributed by atoms with Gasteiger partial charge < -0.3 is 10.4 Å². The molecule has 21 heavy (non-hydrogen) atoms. The van der Waals surface area contributed by atoms with Gasteiger partial charge in [0.25, 0.3) is 5.69 Å². The number of nitro groups is 1. The summed E-state index contributed by atoms with van der Waals surface area (Å²) in [4.78, 5) is 21.1. The summed E-state index contributed by atoms with van der Waals surface area (Å²) in [5.74, 6) is -1.88. The van der Waals surface area contributed by atoms with Gasteiger partial charge in [0.1, 0.15) is 11.5 Å². The maximum atomic E-state index is 13.2. The summed E-state index contributed by atoms with van der Waals surface area (Å²) in [6, 6.07) is 6.96. The molecule has 0 heterocycles. The molecule has 6 nitrogen and oxygen atoms in total. The molecule has 0 bridgehead atoms. The van der Waals surface area contributed by atoms with E-state index in [4.69, 9.17) is 16.7 Å². The molecule has 0 amide bonds. The van der Waals surface area contributed by atoms with Crippen LogP contribution >= 0.6 is 11.6 Å². The SMILES string of the molecule is O=C(O)c1ccc(Nc2cc(F)cc(Cl)c2)c([N+](=O)[O-])c1. The Morgan fingerprint density at radius 1 is 1.29 bits per heavy atom. The fourth-order valence-electron chi connectivity index (χ4n) is 1.70. The van der Waals surface area contributed by atoms with Crippen molar-refractivity contribution in [3.63, 3.8) is 0 Å². The second kappa shape index (κ2) is 5.76. The second-order valence-corrected chi connectivity index (χ2v) is 4.51.